The smallest absolute Gasteiger partial charge is 0.181 e. The van der Waals surface area contributed by atoms with Crippen molar-refractivity contribution in [2.45, 2.75) is 27.9 Å². The van der Waals surface area contributed by atoms with Gasteiger partial charge in [0, 0.05) is 18.1 Å². The van der Waals surface area contributed by atoms with Crippen molar-refractivity contribution in [2.75, 3.05) is 13.2 Å². The molecule has 0 bridgehead atoms. The fourth-order valence-electron chi connectivity index (χ4n) is 1.81. The van der Waals surface area contributed by atoms with Crippen molar-refractivity contribution in [1.29, 1.82) is 0 Å². The van der Waals surface area contributed by atoms with Crippen LogP contribution in [0.5, 0.6) is 0 Å². The van der Waals surface area contributed by atoms with Crippen molar-refractivity contribution < 1.29 is 13.2 Å². The molecule has 0 atom stereocenters. The summed E-state index contributed by atoms with van der Waals surface area (Å²) in [6.45, 7) is 1.07. The Morgan fingerprint density at radius 2 is 1.69 bits per heavy atom. The van der Waals surface area contributed by atoms with Crippen molar-refractivity contribution in [3.63, 3.8) is 0 Å². The highest BCUT2D eigenvalue weighted by Crippen LogP contribution is 2.24. The molecular weight excluding hydrogens is 244 g/mol. The van der Waals surface area contributed by atoms with Crippen molar-refractivity contribution in [3.8, 4) is 0 Å². The van der Waals surface area contributed by atoms with E-state index in [0.29, 0.717) is 31.0 Å². The molecule has 0 radical (unpaired) electrons. The van der Waals surface area contributed by atoms with Crippen molar-refractivity contribution in [3.05, 3.63) is 24.3 Å². The van der Waals surface area contributed by atoms with E-state index in [9.17, 15) is 8.42 Å². The van der Waals surface area contributed by atoms with Crippen LogP contribution in [-0.4, -0.2) is 26.9 Å². The first-order valence-corrected chi connectivity index (χ1v) is 7.21. The van der Waals surface area contributed by atoms with Crippen LogP contribution in [0.4, 0.5) is 0 Å². The molecule has 0 aromatic heterocycles. The lowest BCUT2D eigenvalue weighted by Crippen LogP contribution is -2.28. The Hall–Kier alpha value is -0.520. The molecule has 1 aliphatic rings. The van der Waals surface area contributed by atoms with Gasteiger partial charge in [0.2, 0.25) is 0 Å². The molecule has 1 aromatic carbocycles. The summed E-state index contributed by atoms with van der Waals surface area (Å²) in [5, 5.41) is -0.299. The topological polar surface area (TPSA) is 43.4 Å². The van der Waals surface area contributed by atoms with Gasteiger partial charge in [-0.3, -0.25) is 0 Å². The van der Waals surface area contributed by atoms with Crippen LogP contribution in [-0.2, 0) is 14.6 Å². The minimum absolute atomic E-state index is 0.299. The van der Waals surface area contributed by atoms with E-state index in [0.717, 1.165) is 4.90 Å². The van der Waals surface area contributed by atoms with Gasteiger partial charge in [-0.15, -0.1) is 12.6 Å². The molecule has 1 aromatic rings. The average Bonchev–Trinajstić information content (AvgIpc) is 2.31. The average molecular weight is 258 g/mol. The predicted octanol–water partition coefficient (Wildman–Crippen LogP) is 1.93. The molecule has 0 spiro atoms. The Morgan fingerprint density at radius 1 is 1.12 bits per heavy atom. The minimum atomic E-state index is -3.19. The van der Waals surface area contributed by atoms with Crippen LogP contribution in [0.15, 0.2) is 34.1 Å². The number of ether oxygens (including phenoxy) is 1. The van der Waals surface area contributed by atoms with E-state index in [4.69, 9.17) is 4.74 Å². The highest BCUT2D eigenvalue weighted by atomic mass is 32.2. The van der Waals surface area contributed by atoms with Gasteiger partial charge < -0.3 is 4.74 Å². The molecular formula is C11H14O3S2. The van der Waals surface area contributed by atoms with Crippen molar-refractivity contribution >= 4 is 22.5 Å². The summed E-state index contributed by atoms with van der Waals surface area (Å²) in [7, 11) is -3.19. The maximum absolute atomic E-state index is 12.2. The number of benzene rings is 1. The summed E-state index contributed by atoms with van der Waals surface area (Å²) in [5.74, 6) is 0. The second kappa shape index (κ2) is 4.77. The summed E-state index contributed by atoms with van der Waals surface area (Å²) in [6.07, 6.45) is 1.18. The Balaban J connectivity index is 2.27. The molecule has 1 heterocycles. The van der Waals surface area contributed by atoms with E-state index in [1.54, 1.807) is 24.3 Å². The largest absolute Gasteiger partial charge is 0.381 e. The van der Waals surface area contributed by atoms with Crippen LogP contribution < -0.4 is 0 Å². The normalized spacial score (nSPS) is 18.6. The molecule has 2 rings (SSSR count). The Kier molecular flexibility index (Phi) is 3.56. The SMILES string of the molecule is O=S(=O)(c1ccc(S)cc1)C1CCOCC1. The van der Waals surface area contributed by atoms with Crippen LogP contribution in [0.25, 0.3) is 0 Å². The summed E-state index contributed by atoms with van der Waals surface area (Å²) in [6, 6.07) is 6.64. The minimum Gasteiger partial charge on any atom is -0.381 e. The predicted molar refractivity (Wildman–Crippen MR) is 64.7 cm³/mol. The molecule has 3 nitrogen and oxygen atoms in total. The Bertz CT molecular complexity index is 445. The quantitative estimate of drug-likeness (QED) is 0.824. The van der Waals surface area contributed by atoms with Gasteiger partial charge in [0.1, 0.15) is 0 Å². The van der Waals surface area contributed by atoms with Gasteiger partial charge in [0.25, 0.3) is 0 Å². The van der Waals surface area contributed by atoms with E-state index < -0.39 is 9.84 Å². The lowest BCUT2D eigenvalue weighted by Gasteiger charge is -2.22. The molecule has 0 amide bonds. The summed E-state index contributed by atoms with van der Waals surface area (Å²) in [4.78, 5) is 1.16. The molecule has 1 saturated heterocycles. The van der Waals surface area contributed by atoms with Crippen molar-refractivity contribution in [2.24, 2.45) is 0 Å². The standard InChI is InChI=1S/C11H14O3S2/c12-16(13,11-5-7-14-8-6-11)10-3-1-9(15)2-4-10/h1-4,11,15H,5-8H2. The number of sulfone groups is 1. The molecule has 5 heteroatoms. The third kappa shape index (κ3) is 2.42. The Labute approximate surface area is 101 Å². The van der Waals surface area contributed by atoms with Crippen LogP contribution in [0.2, 0.25) is 0 Å². The van der Waals surface area contributed by atoms with E-state index in [1.807, 2.05) is 0 Å². The highest BCUT2D eigenvalue weighted by molar-refractivity contribution is 7.92. The second-order valence-electron chi connectivity index (χ2n) is 3.85. The molecule has 88 valence electrons. The van der Waals surface area contributed by atoms with E-state index in [-0.39, 0.29) is 5.25 Å². The van der Waals surface area contributed by atoms with E-state index in [1.165, 1.54) is 0 Å². The summed E-state index contributed by atoms with van der Waals surface area (Å²) < 4.78 is 29.6. The number of rotatable bonds is 2. The van der Waals surface area contributed by atoms with Gasteiger partial charge in [-0.1, -0.05) is 0 Å². The summed E-state index contributed by atoms with van der Waals surface area (Å²) in [5.41, 5.74) is 0. The zero-order valence-electron chi connectivity index (χ0n) is 8.80. The maximum Gasteiger partial charge on any atom is 0.181 e. The van der Waals surface area contributed by atoms with Crippen LogP contribution >= 0.6 is 12.6 Å². The number of hydrogen-bond donors (Lipinski definition) is 1. The van der Waals surface area contributed by atoms with E-state index in [2.05, 4.69) is 12.6 Å². The second-order valence-corrected chi connectivity index (χ2v) is 6.60. The van der Waals surface area contributed by atoms with Gasteiger partial charge in [0.15, 0.2) is 9.84 Å². The first-order chi connectivity index (χ1) is 7.60. The lowest BCUT2D eigenvalue weighted by atomic mass is 10.2. The molecule has 1 aliphatic heterocycles. The fourth-order valence-corrected chi connectivity index (χ4v) is 3.68. The highest BCUT2D eigenvalue weighted by Gasteiger charge is 2.28. The monoisotopic (exact) mass is 258 g/mol. The third-order valence-corrected chi connectivity index (χ3v) is 5.35. The maximum atomic E-state index is 12.2. The van der Waals surface area contributed by atoms with Crippen LogP contribution in [0.3, 0.4) is 0 Å². The fraction of sp³-hybridized carbons (Fsp3) is 0.455. The first kappa shape index (κ1) is 12.0. The zero-order chi connectivity index (χ0) is 11.6. The number of hydrogen-bond acceptors (Lipinski definition) is 4. The van der Waals surface area contributed by atoms with Gasteiger partial charge >= 0.3 is 0 Å². The van der Waals surface area contributed by atoms with Gasteiger partial charge in [0.05, 0.1) is 10.1 Å². The van der Waals surface area contributed by atoms with Crippen LogP contribution in [0.1, 0.15) is 12.8 Å². The molecule has 0 N–H and O–H groups in total. The molecule has 1 fully saturated rings. The van der Waals surface area contributed by atoms with E-state index >= 15 is 0 Å². The number of thiol groups is 1. The molecule has 0 unspecified atom stereocenters. The van der Waals surface area contributed by atoms with Gasteiger partial charge in [-0.25, -0.2) is 8.42 Å². The Morgan fingerprint density at radius 3 is 2.25 bits per heavy atom. The zero-order valence-corrected chi connectivity index (χ0v) is 10.5. The van der Waals surface area contributed by atoms with Crippen LogP contribution in [0, 0.1) is 0 Å². The first-order valence-electron chi connectivity index (χ1n) is 5.21. The van der Waals surface area contributed by atoms with Crippen molar-refractivity contribution in [1.82, 2.24) is 0 Å². The molecule has 16 heavy (non-hydrogen) atoms. The third-order valence-electron chi connectivity index (χ3n) is 2.77. The van der Waals surface area contributed by atoms with Gasteiger partial charge in [-0.05, 0) is 37.1 Å². The van der Waals surface area contributed by atoms with Gasteiger partial charge in [-0.2, -0.15) is 0 Å². The molecule has 0 aliphatic carbocycles. The lowest BCUT2D eigenvalue weighted by molar-refractivity contribution is 0.0983. The molecule has 0 saturated carbocycles. The summed E-state index contributed by atoms with van der Waals surface area (Å²) >= 11 is 4.14.